The first-order valence-electron chi connectivity index (χ1n) is 8.32. The Bertz CT molecular complexity index is 1060. The molecule has 0 aliphatic heterocycles. The van der Waals surface area contributed by atoms with Gasteiger partial charge >= 0.3 is 0 Å². The summed E-state index contributed by atoms with van der Waals surface area (Å²) in [6.45, 7) is 2.04. The number of aliphatic hydroxyl groups excluding tert-OH is 1. The number of aliphatic hydroxyl groups is 1. The summed E-state index contributed by atoms with van der Waals surface area (Å²) in [5, 5.41) is 19.4. The van der Waals surface area contributed by atoms with E-state index in [1.165, 1.54) is 17.7 Å². The first-order chi connectivity index (χ1) is 12.2. The first-order valence-corrected chi connectivity index (χ1v) is 9.14. The number of rotatable bonds is 4. The standard InChI is InChI=1S/C18H17N5OS/c1-11-3-2-4-13(7-11)23-9-14(20-21-23)17(24)16-18(12-5-6-12)25-15-8-19-10-22(15)16/h2-4,7-10,12,17,24H,5-6H2,1H3. The quantitative estimate of drug-likeness (QED) is 0.613. The zero-order valence-electron chi connectivity index (χ0n) is 13.7. The van der Waals surface area contributed by atoms with Gasteiger partial charge in [0.05, 0.1) is 23.8 Å². The van der Waals surface area contributed by atoms with Crippen molar-refractivity contribution < 1.29 is 5.11 Å². The number of nitrogens with zero attached hydrogens (tertiary/aromatic N) is 5. The third kappa shape index (κ3) is 2.47. The van der Waals surface area contributed by atoms with Crippen LogP contribution in [0.4, 0.5) is 0 Å². The number of aromatic nitrogens is 5. The zero-order chi connectivity index (χ0) is 17.0. The number of fused-ring (bicyclic) bond motifs is 1. The lowest BCUT2D eigenvalue weighted by molar-refractivity contribution is 0.208. The maximum Gasteiger partial charge on any atom is 0.141 e. The molecule has 1 N–H and O–H groups in total. The van der Waals surface area contributed by atoms with Gasteiger partial charge in [0.2, 0.25) is 0 Å². The van der Waals surface area contributed by atoms with Crippen molar-refractivity contribution in [3.05, 3.63) is 64.8 Å². The van der Waals surface area contributed by atoms with Gasteiger partial charge in [0.15, 0.2) is 0 Å². The van der Waals surface area contributed by atoms with Crippen molar-refractivity contribution >= 4 is 16.2 Å². The maximum absolute atomic E-state index is 11.0. The molecule has 1 fully saturated rings. The van der Waals surface area contributed by atoms with E-state index >= 15 is 0 Å². The number of hydrogen-bond acceptors (Lipinski definition) is 5. The van der Waals surface area contributed by atoms with Crippen molar-refractivity contribution in [3.63, 3.8) is 0 Å². The van der Waals surface area contributed by atoms with E-state index in [4.69, 9.17) is 0 Å². The third-order valence-corrected chi connectivity index (χ3v) is 5.87. The van der Waals surface area contributed by atoms with Crippen molar-refractivity contribution in [1.29, 1.82) is 0 Å². The molecule has 25 heavy (non-hydrogen) atoms. The molecule has 1 aromatic carbocycles. The SMILES string of the molecule is Cc1cccc(-n2cc(C(O)c3c(C4CC4)sc4cncn34)nn2)c1. The Morgan fingerprint density at radius 2 is 2.20 bits per heavy atom. The van der Waals surface area contributed by atoms with E-state index in [-0.39, 0.29) is 0 Å². The Morgan fingerprint density at radius 1 is 1.32 bits per heavy atom. The Labute approximate surface area is 148 Å². The van der Waals surface area contributed by atoms with E-state index in [1.54, 1.807) is 28.5 Å². The Hall–Kier alpha value is -2.51. The molecule has 126 valence electrons. The molecule has 5 rings (SSSR count). The first kappa shape index (κ1) is 14.8. The van der Waals surface area contributed by atoms with Gasteiger partial charge in [-0.25, -0.2) is 9.67 Å². The number of aryl methyl sites for hydroxylation is 1. The van der Waals surface area contributed by atoms with Crippen molar-refractivity contribution in [2.24, 2.45) is 0 Å². The minimum absolute atomic E-state index is 0.553. The van der Waals surface area contributed by atoms with E-state index < -0.39 is 6.10 Å². The fourth-order valence-electron chi connectivity index (χ4n) is 3.17. The summed E-state index contributed by atoms with van der Waals surface area (Å²) >= 11 is 1.71. The smallest absolute Gasteiger partial charge is 0.141 e. The molecule has 1 atom stereocenters. The number of thiazole rings is 1. The zero-order valence-corrected chi connectivity index (χ0v) is 14.5. The van der Waals surface area contributed by atoms with Gasteiger partial charge in [-0.15, -0.1) is 16.4 Å². The number of imidazole rings is 1. The van der Waals surface area contributed by atoms with E-state index in [2.05, 4.69) is 15.3 Å². The fraction of sp³-hybridized carbons (Fsp3) is 0.278. The molecule has 3 heterocycles. The molecule has 3 aromatic heterocycles. The van der Waals surface area contributed by atoms with Crippen LogP contribution in [0.3, 0.4) is 0 Å². The van der Waals surface area contributed by atoms with Crippen LogP contribution in [0.5, 0.6) is 0 Å². The topological polar surface area (TPSA) is 68.2 Å². The lowest BCUT2D eigenvalue weighted by atomic mass is 10.1. The number of benzene rings is 1. The number of hydrogen-bond donors (Lipinski definition) is 1. The van der Waals surface area contributed by atoms with E-state index in [1.807, 2.05) is 41.8 Å². The molecule has 7 heteroatoms. The summed E-state index contributed by atoms with van der Waals surface area (Å²) in [4.78, 5) is 6.51. The molecule has 0 radical (unpaired) electrons. The second-order valence-electron chi connectivity index (χ2n) is 6.56. The van der Waals surface area contributed by atoms with Gasteiger partial charge in [0, 0.05) is 4.88 Å². The molecule has 1 aliphatic rings. The average Bonchev–Trinajstić information content (AvgIpc) is 3.04. The largest absolute Gasteiger partial charge is 0.380 e. The predicted octanol–water partition coefficient (Wildman–Crippen LogP) is 3.24. The van der Waals surface area contributed by atoms with Crippen LogP contribution in [-0.2, 0) is 0 Å². The highest BCUT2D eigenvalue weighted by atomic mass is 32.1. The van der Waals surface area contributed by atoms with Crippen LogP contribution in [-0.4, -0.2) is 29.5 Å². The van der Waals surface area contributed by atoms with Gasteiger partial charge in [0.1, 0.15) is 23.0 Å². The molecular weight excluding hydrogens is 334 g/mol. The Balaban J connectivity index is 1.56. The molecule has 1 saturated carbocycles. The molecule has 6 nitrogen and oxygen atoms in total. The van der Waals surface area contributed by atoms with Crippen molar-refractivity contribution in [2.75, 3.05) is 0 Å². The molecule has 0 bridgehead atoms. The van der Waals surface area contributed by atoms with Crippen LogP contribution < -0.4 is 0 Å². The Morgan fingerprint density at radius 3 is 3.00 bits per heavy atom. The van der Waals surface area contributed by atoms with Crippen LogP contribution in [0.15, 0.2) is 43.0 Å². The minimum Gasteiger partial charge on any atom is -0.380 e. The van der Waals surface area contributed by atoms with Crippen molar-refractivity contribution in [1.82, 2.24) is 24.4 Å². The van der Waals surface area contributed by atoms with Crippen LogP contribution in [0.25, 0.3) is 10.5 Å². The lowest BCUT2D eigenvalue weighted by Crippen LogP contribution is -2.06. The molecule has 0 saturated heterocycles. The van der Waals surface area contributed by atoms with Gasteiger partial charge in [-0.1, -0.05) is 17.3 Å². The van der Waals surface area contributed by atoms with Crippen LogP contribution in [0.2, 0.25) is 0 Å². The molecule has 0 spiro atoms. The van der Waals surface area contributed by atoms with Gasteiger partial charge < -0.3 is 5.11 Å². The van der Waals surface area contributed by atoms with Gasteiger partial charge in [0.25, 0.3) is 0 Å². The normalized spacial score (nSPS) is 15.8. The van der Waals surface area contributed by atoms with E-state index in [0.717, 1.165) is 21.8 Å². The fourth-order valence-corrected chi connectivity index (χ4v) is 4.47. The Kier molecular flexibility index (Phi) is 3.26. The van der Waals surface area contributed by atoms with Crippen LogP contribution in [0, 0.1) is 6.92 Å². The summed E-state index contributed by atoms with van der Waals surface area (Å²) in [5.41, 5.74) is 3.53. The van der Waals surface area contributed by atoms with Crippen molar-refractivity contribution in [2.45, 2.75) is 31.8 Å². The molecule has 1 aliphatic carbocycles. The highest BCUT2D eigenvalue weighted by molar-refractivity contribution is 7.17. The van der Waals surface area contributed by atoms with E-state index in [9.17, 15) is 5.11 Å². The summed E-state index contributed by atoms with van der Waals surface area (Å²) in [6, 6.07) is 8.05. The summed E-state index contributed by atoms with van der Waals surface area (Å²) in [7, 11) is 0. The molecule has 0 amide bonds. The lowest BCUT2D eigenvalue weighted by Gasteiger charge is -2.09. The van der Waals surface area contributed by atoms with Crippen molar-refractivity contribution in [3.8, 4) is 5.69 Å². The van der Waals surface area contributed by atoms with Crippen LogP contribution in [0.1, 0.15) is 46.7 Å². The second-order valence-corrected chi connectivity index (χ2v) is 7.62. The van der Waals surface area contributed by atoms with Gasteiger partial charge in [-0.3, -0.25) is 4.40 Å². The van der Waals surface area contributed by atoms with Crippen LogP contribution >= 0.6 is 11.3 Å². The predicted molar refractivity (Wildman–Crippen MR) is 95.2 cm³/mol. The second kappa shape index (κ2) is 5.50. The minimum atomic E-state index is -0.808. The van der Waals surface area contributed by atoms with Gasteiger partial charge in [-0.2, -0.15) is 0 Å². The average molecular weight is 351 g/mol. The molecule has 1 unspecified atom stereocenters. The highest BCUT2D eigenvalue weighted by Gasteiger charge is 2.33. The van der Waals surface area contributed by atoms with Gasteiger partial charge in [-0.05, 0) is 43.4 Å². The third-order valence-electron chi connectivity index (χ3n) is 4.60. The summed E-state index contributed by atoms with van der Waals surface area (Å²) in [5.74, 6) is 0.557. The monoisotopic (exact) mass is 351 g/mol. The van der Waals surface area contributed by atoms with E-state index in [0.29, 0.717) is 11.6 Å². The highest BCUT2D eigenvalue weighted by Crippen LogP contribution is 2.47. The summed E-state index contributed by atoms with van der Waals surface area (Å²) in [6.07, 6.45) is 6.98. The molecule has 4 aromatic rings. The summed E-state index contributed by atoms with van der Waals surface area (Å²) < 4.78 is 3.69. The molecular formula is C18H17N5OS. The maximum atomic E-state index is 11.0.